The molecule has 0 atom stereocenters. The molecule has 0 spiro atoms. The molecule has 1 aliphatic carbocycles. The highest BCUT2D eigenvalue weighted by atomic mass is 32.1. The summed E-state index contributed by atoms with van der Waals surface area (Å²) in [5.74, 6) is 0. The number of aromatic nitrogens is 1. The molecule has 0 N–H and O–H groups in total. The van der Waals surface area contributed by atoms with E-state index >= 15 is 0 Å². The minimum Gasteiger partial charge on any atom is -0.255 e. The highest BCUT2D eigenvalue weighted by Gasteiger charge is 2.19. The van der Waals surface area contributed by atoms with Crippen LogP contribution in [0.4, 0.5) is 0 Å². The van der Waals surface area contributed by atoms with Gasteiger partial charge in [0.2, 0.25) is 0 Å². The van der Waals surface area contributed by atoms with Gasteiger partial charge in [0.15, 0.2) is 0 Å². The summed E-state index contributed by atoms with van der Waals surface area (Å²) < 4.78 is 2.76. The van der Waals surface area contributed by atoms with E-state index in [9.17, 15) is 0 Å². The van der Waals surface area contributed by atoms with Gasteiger partial charge >= 0.3 is 0 Å². The molecule has 0 amide bonds. The third kappa shape index (κ3) is 2.24. The van der Waals surface area contributed by atoms with Gasteiger partial charge in [-0.05, 0) is 73.9 Å². The highest BCUT2D eigenvalue weighted by molar-refractivity contribution is 7.26. The summed E-state index contributed by atoms with van der Waals surface area (Å²) in [4.78, 5) is 4.77. The topological polar surface area (TPSA) is 12.9 Å². The quantitative estimate of drug-likeness (QED) is 0.379. The van der Waals surface area contributed by atoms with Gasteiger partial charge in [0.1, 0.15) is 0 Å². The van der Waals surface area contributed by atoms with Crippen LogP contribution >= 0.6 is 11.3 Å². The van der Waals surface area contributed by atoms with E-state index in [1.807, 2.05) is 17.5 Å². The summed E-state index contributed by atoms with van der Waals surface area (Å²) in [5, 5.41) is 2.83. The van der Waals surface area contributed by atoms with Crippen molar-refractivity contribution in [1.82, 2.24) is 4.98 Å². The zero-order valence-electron chi connectivity index (χ0n) is 14.7. The van der Waals surface area contributed by atoms with Gasteiger partial charge in [-0.15, -0.1) is 11.3 Å². The molecule has 0 saturated carbocycles. The third-order valence-corrected chi connectivity index (χ3v) is 6.84. The Bertz CT molecular complexity index is 1120. The van der Waals surface area contributed by atoms with Crippen LogP contribution in [-0.2, 0) is 12.8 Å². The smallest absolute Gasteiger partial charge is 0.0883 e. The number of hydrogen-bond acceptors (Lipinski definition) is 2. The maximum atomic E-state index is 4.77. The van der Waals surface area contributed by atoms with Crippen molar-refractivity contribution in [3.05, 3.63) is 64.8 Å². The summed E-state index contributed by atoms with van der Waals surface area (Å²) in [5.41, 5.74) is 8.36. The number of aryl methyl sites for hydroxylation is 3. The Labute approximate surface area is 152 Å². The standard InChI is InChI=1S/C23H21NS/c1-14-7-3-5-9-17(14)22-23-19(11-12-24-22)21-15(2)18-10-6-4-8-16(18)13-20(21)25-23/h3,5,7,9,11-13H,4,6,8,10H2,1-2H3. The molecular weight excluding hydrogens is 322 g/mol. The predicted molar refractivity (Wildman–Crippen MR) is 109 cm³/mol. The van der Waals surface area contributed by atoms with Gasteiger partial charge in [-0.25, -0.2) is 0 Å². The molecule has 4 aromatic rings. The second-order valence-electron chi connectivity index (χ2n) is 7.17. The van der Waals surface area contributed by atoms with Crippen LogP contribution in [0, 0.1) is 13.8 Å². The minimum absolute atomic E-state index is 1.13. The summed E-state index contributed by atoms with van der Waals surface area (Å²) in [7, 11) is 0. The fraction of sp³-hybridized carbons (Fsp3) is 0.261. The number of benzene rings is 2. The van der Waals surface area contributed by atoms with Gasteiger partial charge in [0, 0.05) is 27.2 Å². The van der Waals surface area contributed by atoms with Crippen molar-refractivity contribution in [2.75, 3.05) is 0 Å². The Morgan fingerprint density at radius 2 is 1.84 bits per heavy atom. The lowest BCUT2D eigenvalue weighted by molar-refractivity contribution is 0.684. The van der Waals surface area contributed by atoms with Crippen LogP contribution in [0.15, 0.2) is 42.6 Å². The molecule has 0 fully saturated rings. The van der Waals surface area contributed by atoms with Gasteiger partial charge in [-0.3, -0.25) is 4.98 Å². The van der Waals surface area contributed by atoms with Gasteiger partial charge in [-0.2, -0.15) is 0 Å². The first kappa shape index (κ1) is 15.1. The summed E-state index contributed by atoms with van der Waals surface area (Å²) >= 11 is 1.92. The molecule has 2 aromatic carbocycles. The van der Waals surface area contributed by atoms with E-state index in [0.717, 1.165) is 5.69 Å². The van der Waals surface area contributed by atoms with E-state index in [2.05, 4.69) is 50.2 Å². The van der Waals surface area contributed by atoms with Gasteiger partial charge in [0.25, 0.3) is 0 Å². The fourth-order valence-electron chi connectivity index (χ4n) is 4.39. The molecule has 2 heteroatoms. The molecule has 5 rings (SSSR count). The largest absolute Gasteiger partial charge is 0.255 e. The average Bonchev–Trinajstić information content (AvgIpc) is 3.01. The molecule has 0 saturated heterocycles. The Hall–Kier alpha value is -2.19. The van der Waals surface area contributed by atoms with Crippen LogP contribution in [-0.4, -0.2) is 4.98 Å². The maximum Gasteiger partial charge on any atom is 0.0883 e. The predicted octanol–water partition coefficient (Wildman–Crippen LogP) is 6.61. The van der Waals surface area contributed by atoms with E-state index in [-0.39, 0.29) is 0 Å². The Balaban J connectivity index is 1.87. The monoisotopic (exact) mass is 343 g/mol. The van der Waals surface area contributed by atoms with Crippen molar-refractivity contribution in [3.63, 3.8) is 0 Å². The SMILES string of the molecule is Cc1ccccc1-c1nccc2c1sc1cc3c(c(C)c12)CCCC3. The summed E-state index contributed by atoms with van der Waals surface area (Å²) in [6.07, 6.45) is 7.12. The number of hydrogen-bond donors (Lipinski definition) is 0. The second kappa shape index (κ2) is 5.67. The molecule has 1 aliphatic rings. The van der Waals surface area contributed by atoms with E-state index in [4.69, 9.17) is 4.98 Å². The van der Waals surface area contributed by atoms with E-state index in [0.29, 0.717) is 0 Å². The Kier molecular flexibility index (Phi) is 3.42. The van der Waals surface area contributed by atoms with Crippen LogP contribution in [0.3, 0.4) is 0 Å². The molecular formula is C23H21NS. The number of pyridine rings is 1. The van der Waals surface area contributed by atoms with Crippen molar-refractivity contribution in [2.45, 2.75) is 39.5 Å². The molecule has 2 aromatic heterocycles. The van der Waals surface area contributed by atoms with Crippen LogP contribution < -0.4 is 0 Å². The van der Waals surface area contributed by atoms with Gasteiger partial charge in [-0.1, -0.05) is 24.3 Å². The molecule has 2 heterocycles. The fourth-order valence-corrected chi connectivity index (χ4v) is 5.71. The Morgan fingerprint density at radius 3 is 2.72 bits per heavy atom. The van der Waals surface area contributed by atoms with Crippen LogP contribution in [0.25, 0.3) is 31.4 Å². The van der Waals surface area contributed by atoms with Crippen molar-refractivity contribution < 1.29 is 0 Å². The van der Waals surface area contributed by atoms with Gasteiger partial charge in [0.05, 0.1) is 10.4 Å². The van der Waals surface area contributed by atoms with Crippen LogP contribution in [0.5, 0.6) is 0 Å². The van der Waals surface area contributed by atoms with E-state index in [1.54, 1.807) is 11.1 Å². The molecule has 0 unspecified atom stereocenters. The van der Waals surface area contributed by atoms with Crippen LogP contribution in [0.1, 0.15) is 35.1 Å². The van der Waals surface area contributed by atoms with E-state index in [1.165, 1.54) is 62.5 Å². The summed E-state index contributed by atoms with van der Waals surface area (Å²) in [6, 6.07) is 13.2. The van der Waals surface area contributed by atoms with Crippen molar-refractivity contribution in [3.8, 4) is 11.3 Å². The molecule has 124 valence electrons. The molecule has 0 bridgehead atoms. The van der Waals surface area contributed by atoms with Crippen molar-refractivity contribution in [1.29, 1.82) is 0 Å². The Morgan fingerprint density at radius 1 is 1.00 bits per heavy atom. The normalized spacial score (nSPS) is 14.2. The van der Waals surface area contributed by atoms with Crippen molar-refractivity contribution >= 4 is 31.5 Å². The average molecular weight is 343 g/mol. The lowest BCUT2D eigenvalue weighted by Gasteiger charge is -2.18. The zero-order valence-corrected chi connectivity index (χ0v) is 15.5. The molecule has 25 heavy (non-hydrogen) atoms. The number of fused-ring (bicyclic) bond motifs is 4. The highest BCUT2D eigenvalue weighted by Crippen LogP contribution is 2.43. The number of thiophene rings is 1. The van der Waals surface area contributed by atoms with Crippen molar-refractivity contribution in [2.24, 2.45) is 0 Å². The van der Waals surface area contributed by atoms with E-state index < -0.39 is 0 Å². The van der Waals surface area contributed by atoms with Crippen LogP contribution in [0.2, 0.25) is 0 Å². The molecule has 0 aliphatic heterocycles. The first-order valence-electron chi connectivity index (χ1n) is 9.12. The number of nitrogens with zero attached hydrogens (tertiary/aromatic N) is 1. The second-order valence-corrected chi connectivity index (χ2v) is 8.22. The first-order chi connectivity index (χ1) is 12.2. The summed E-state index contributed by atoms with van der Waals surface area (Å²) in [6.45, 7) is 4.50. The minimum atomic E-state index is 1.13. The lowest BCUT2D eigenvalue weighted by Crippen LogP contribution is -2.04. The first-order valence-corrected chi connectivity index (χ1v) is 9.94. The lowest BCUT2D eigenvalue weighted by atomic mass is 9.87. The zero-order chi connectivity index (χ0) is 17.0. The molecule has 1 nitrogen and oxygen atoms in total. The number of rotatable bonds is 1. The third-order valence-electron chi connectivity index (χ3n) is 5.68. The maximum absolute atomic E-state index is 4.77. The van der Waals surface area contributed by atoms with Gasteiger partial charge < -0.3 is 0 Å². The molecule has 0 radical (unpaired) electrons.